The minimum absolute atomic E-state index is 0.0150. The second-order valence-electron chi connectivity index (χ2n) is 4.52. The summed E-state index contributed by atoms with van der Waals surface area (Å²) < 4.78 is 0. The van der Waals surface area contributed by atoms with Gasteiger partial charge < -0.3 is 5.73 Å². The van der Waals surface area contributed by atoms with Crippen LogP contribution in [0.5, 0.6) is 0 Å². The van der Waals surface area contributed by atoms with Gasteiger partial charge in [-0.15, -0.1) is 0 Å². The minimum atomic E-state index is -0.529. The SMILES string of the molecule is N#Cc1c(-c2ccccc2)cc2c(=O)[nH][nH]c(=O)c2c1N. The van der Waals surface area contributed by atoms with Gasteiger partial charge in [0.15, 0.2) is 0 Å². The maximum absolute atomic E-state index is 11.9. The van der Waals surface area contributed by atoms with Crippen molar-refractivity contribution < 1.29 is 0 Å². The fraction of sp³-hybridized carbons (Fsp3) is 0. The fourth-order valence-electron chi connectivity index (χ4n) is 2.34. The molecule has 0 fully saturated rings. The number of anilines is 1. The molecule has 21 heavy (non-hydrogen) atoms. The van der Waals surface area contributed by atoms with Crippen LogP contribution >= 0.6 is 0 Å². The maximum Gasteiger partial charge on any atom is 0.272 e. The van der Waals surface area contributed by atoms with E-state index in [1.807, 2.05) is 36.4 Å². The number of hydrogen-bond donors (Lipinski definition) is 3. The molecule has 0 saturated heterocycles. The van der Waals surface area contributed by atoms with Crippen molar-refractivity contribution in [3.05, 3.63) is 62.7 Å². The Balaban J connectivity index is 2.54. The molecule has 1 aromatic heterocycles. The van der Waals surface area contributed by atoms with E-state index in [-0.39, 0.29) is 22.0 Å². The quantitative estimate of drug-likeness (QED) is 0.582. The van der Waals surface area contributed by atoms with E-state index >= 15 is 0 Å². The number of fused-ring (bicyclic) bond motifs is 1. The van der Waals surface area contributed by atoms with E-state index in [1.165, 1.54) is 6.07 Å². The molecule has 3 rings (SSSR count). The first kappa shape index (κ1) is 12.7. The summed E-state index contributed by atoms with van der Waals surface area (Å²) in [6.07, 6.45) is 0. The molecular weight excluding hydrogens is 268 g/mol. The van der Waals surface area contributed by atoms with Gasteiger partial charge >= 0.3 is 0 Å². The van der Waals surface area contributed by atoms with Crippen molar-refractivity contribution in [3.8, 4) is 17.2 Å². The maximum atomic E-state index is 11.9. The lowest BCUT2D eigenvalue weighted by atomic mass is 9.95. The van der Waals surface area contributed by atoms with Crippen LogP contribution in [0.25, 0.3) is 21.9 Å². The number of benzene rings is 2. The Morgan fingerprint density at radius 2 is 1.71 bits per heavy atom. The zero-order chi connectivity index (χ0) is 15.0. The van der Waals surface area contributed by atoms with E-state index in [0.29, 0.717) is 5.56 Å². The molecule has 6 nitrogen and oxygen atoms in total. The van der Waals surface area contributed by atoms with Crippen molar-refractivity contribution in [2.24, 2.45) is 0 Å². The van der Waals surface area contributed by atoms with Crippen LogP contribution in [0.15, 0.2) is 46.0 Å². The summed E-state index contributed by atoms with van der Waals surface area (Å²) in [7, 11) is 0. The monoisotopic (exact) mass is 278 g/mol. The summed E-state index contributed by atoms with van der Waals surface area (Å²) >= 11 is 0. The Labute approximate surface area is 118 Å². The van der Waals surface area contributed by atoms with Crippen molar-refractivity contribution in [3.63, 3.8) is 0 Å². The van der Waals surface area contributed by atoms with Crippen molar-refractivity contribution in [1.29, 1.82) is 5.26 Å². The van der Waals surface area contributed by atoms with Gasteiger partial charge in [0.05, 0.1) is 22.0 Å². The van der Waals surface area contributed by atoms with Gasteiger partial charge in [0, 0.05) is 5.56 Å². The molecule has 0 saturated carbocycles. The Morgan fingerprint density at radius 1 is 1.05 bits per heavy atom. The summed E-state index contributed by atoms with van der Waals surface area (Å²) in [4.78, 5) is 23.8. The molecular formula is C15H10N4O2. The van der Waals surface area contributed by atoms with Crippen LogP contribution in [0.2, 0.25) is 0 Å². The molecule has 4 N–H and O–H groups in total. The van der Waals surface area contributed by atoms with Gasteiger partial charge in [0.2, 0.25) is 0 Å². The summed E-state index contributed by atoms with van der Waals surface area (Å²) in [5.41, 5.74) is 6.43. The van der Waals surface area contributed by atoms with E-state index in [0.717, 1.165) is 5.56 Å². The molecule has 0 aliphatic carbocycles. The molecule has 0 bridgehead atoms. The van der Waals surface area contributed by atoms with E-state index in [4.69, 9.17) is 5.73 Å². The van der Waals surface area contributed by atoms with Crippen LogP contribution < -0.4 is 16.9 Å². The van der Waals surface area contributed by atoms with Crippen molar-refractivity contribution in [1.82, 2.24) is 10.2 Å². The normalized spacial score (nSPS) is 10.4. The Morgan fingerprint density at radius 3 is 2.38 bits per heavy atom. The highest BCUT2D eigenvalue weighted by Gasteiger charge is 2.16. The number of aromatic nitrogens is 2. The topological polar surface area (TPSA) is 116 Å². The third-order valence-corrected chi connectivity index (χ3v) is 3.32. The number of hydrogen-bond acceptors (Lipinski definition) is 4. The first-order chi connectivity index (χ1) is 10.1. The lowest BCUT2D eigenvalue weighted by Crippen LogP contribution is -2.20. The number of rotatable bonds is 1. The number of nitrogens with one attached hydrogen (secondary N) is 2. The molecule has 0 unspecified atom stereocenters. The Kier molecular flexibility index (Phi) is 2.81. The molecule has 6 heteroatoms. The lowest BCUT2D eigenvalue weighted by molar-refractivity contribution is 0.977. The molecule has 0 atom stereocenters. The van der Waals surface area contributed by atoms with Gasteiger partial charge in [-0.3, -0.25) is 19.8 Å². The number of nitrogens with zero attached hydrogens (tertiary/aromatic N) is 1. The largest absolute Gasteiger partial charge is 0.397 e. The van der Waals surface area contributed by atoms with E-state index in [2.05, 4.69) is 10.2 Å². The van der Waals surface area contributed by atoms with Crippen LogP contribution in [0.4, 0.5) is 5.69 Å². The molecule has 0 aliphatic rings. The number of nitrogen functional groups attached to an aromatic ring is 1. The van der Waals surface area contributed by atoms with E-state index in [1.54, 1.807) is 0 Å². The average molecular weight is 278 g/mol. The van der Waals surface area contributed by atoms with Crippen LogP contribution in [0.1, 0.15) is 5.56 Å². The zero-order valence-electron chi connectivity index (χ0n) is 10.8. The number of H-pyrrole nitrogens is 2. The van der Waals surface area contributed by atoms with Gasteiger partial charge in [-0.05, 0) is 11.6 Å². The predicted molar refractivity (Wildman–Crippen MR) is 79.8 cm³/mol. The van der Waals surface area contributed by atoms with E-state index < -0.39 is 11.1 Å². The summed E-state index contributed by atoms with van der Waals surface area (Å²) in [5, 5.41) is 14.0. The van der Waals surface area contributed by atoms with Crippen molar-refractivity contribution in [2.45, 2.75) is 0 Å². The highest BCUT2D eigenvalue weighted by atomic mass is 16.1. The molecule has 3 aromatic rings. The van der Waals surface area contributed by atoms with Crippen LogP contribution in [-0.4, -0.2) is 10.2 Å². The summed E-state index contributed by atoms with van der Waals surface area (Å²) in [6.45, 7) is 0. The predicted octanol–water partition coefficient (Wildman–Crippen LogP) is 1.34. The van der Waals surface area contributed by atoms with Gasteiger partial charge in [-0.1, -0.05) is 30.3 Å². The smallest absolute Gasteiger partial charge is 0.272 e. The standard InChI is InChI=1S/C15H10N4O2/c16-7-11-9(8-4-2-1-3-5-8)6-10-12(13(11)17)15(21)19-18-14(10)20/h1-6H,17H2,(H,18,20)(H,19,21). The van der Waals surface area contributed by atoms with Gasteiger partial charge in [-0.2, -0.15) is 5.26 Å². The summed E-state index contributed by atoms with van der Waals surface area (Å²) in [6, 6.07) is 12.6. The highest BCUT2D eigenvalue weighted by molar-refractivity contribution is 5.99. The zero-order valence-corrected chi connectivity index (χ0v) is 10.8. The van der Waals surface area contributed by atoms with Gasteiger partial charge in [0.1, 0.15) is 6.07 Å². The third kappa shape index (κ3) is 1.88. The molecule has 0 radical (unpaired) electrons. The molecule has 0 spiro atoms. The summed E-state index contributed by atoms with van der Waals surface area (Å²) in [5.74, 6) is 0. The number of aromatic amines is 2. The lowest BCUT2D eigenvalue weighted by Gasteiger charge is -2.09. The Bertz CT molecular complexity index is 994. The van der Waals surface area contributed by atoms with Crippen molar-refractivity contribution in [2.75, 3.05) is 5.73 Å². The highest BCUT2D eigenvalue weighted by Crippen LogP contribution is 2.31. The number of nitriles is 1. The van der Waals surface area contributed by atoms with Crippen LogP contribution in [0.3, 0.4) is 0 Å². The third-order valence-electron chi connectivity index (χ3n) is 3.32. The average Bonchev–Trinajstić information content (AvgIpc) is 2.51. The first-order valence-corrected chi connectivity index (χ1v) is 6.16. The molecule has 0 aliphatic heterocycles. The molecule has 2 aromatic carbocycles. The van der Waals surface area contributed by atoms with Crippen LogP contribution in [0, 0.1) is 11.3 Å². The first-order valence-electron chi connectivity index (χ1n) is 6.16. The van der Waals surface area contributed by atoms with E-state index in [9.17, 15) is 14.9 Å². The van der Waals surface area contributed by atoms with Gasteiger partial charge in [-0.25, -0.2) is 0 Å². The second kappa shape index (κ2) is 4.65. The fourth-order valence-corrected chi connectivity index (χ4v) is 2.34. The Hall–Kier alpha value is -3.33. The number of nitrogens with two attached hydrogens (primary N) is 1. The van der Waals surface area contributed by atoms with Crippen LogP contribution in [-0.2, 0) is 0 Å². The van der Waals surface area contributed by atoms with Gasteiger partial charge in [0.25, 0.3) is 11.1 Å². The van der Waals surface area contributed by atoms with Crippen molar-refractivity contribution >= 4 is 16.5 Å². The second-order valence-corrected chi connectivity index (χ2v) is 4.52. The molecule has 1 heterocycles. The minimum Gasteiger partial charge on any atom is -0.397 e. The molecule has 102 valence electrons. The molecule has 0 amide bonds.